The average Bonchev–Trinajstić information content (AvgIpc) is 2.20. The van der Waals surface area contributed by atoms with E-state index in [1.807, 2.05) is 12.1 Å². The highest BCUT2D eigenvalue weighted by molar-refractivity contribution is 14.1. The van der Waals surface area contributed by atoms with Gasteiger partial charge in [-0.2, -0.15) is 0 Å². The second-order valence-corrected chi connectivity index (χ2v) is 3.45. The van der Waals surface area contributed by atoms with Crippen molar-refractivity contribution in [3.63, 3.8) is 0 Å². The molecule has 0 saturated carbocycles. The summed E-state index contributed by atoms with van der Waals surface area (Å²) < 4.78 is 0.755. The van der Waals surface area contributed by atoms with Gasteiger partial charge in [-0.3, -0.25) is 4.98 Å². The van der Waals surface area contributed by atoms with Crippen LogP contribution in [0.5, 0.6) is 0 Å². The summed E-state index contributed by atoms with van der Waals surface area (Å²) in [5, 5.41) is 0. The first-order chi connectivity index (χ1) is 6.36. The molecule has 0 aromatic carbocycles. The molecule has 0 spiro atoms. The minimum atomic E-state index is 0.755. The zero-order chi connectivity index (χ0) is 9.10. The van der Waals surface area contributed by atoms with Crippen molar-refractivity contribution in [3.8, 4) is 11.1 Å². The molecule has 0 amide bonds. The van der Waals surface area contributed by atoms with Crippen LogP contribution in [0.25, 0.3) is 11.1 Å². The van der Waals surface area contributed by atoms with Crippen LogP contribution in [0.2, 0.25) is 0 Å². The molecule has 0 saturated heterocycles. The average molecular weight is 283 g/mol. The van der Waals surface area contributed by atoms with Gasteiger partial charge in [-0.05, 0) is 6.07 Å². The molecule has 4 heteroatoms. The minimum absolute atomic E-state index is 0.755. The Hall–Kier alpha value is -1.04. The summed E-state index contributed by atoms with van der Waals surface area (Å²) in [6.45, 7) is 0. The highest BCUT2D eigenvalue weighted by atomic mass is 127. The molecule has 0 N–H and O–H groups in total. The number of hydrogen-bond donors (Lipinski definition) is 0. The molecule has 0 aliphatic carbocycles. The van der Waals surface area contributed by atoms with E-state index in [2.05, 4.69) is 37.5 Å². The van der Waals surface area contributed by atoms with Crippen molar-refractivity contribution in [2.24, 2.45) is 0 Å². The van der Waals surface area contributed by atoms with Crippen LogP contribution in [-0.4, -0.2) is 15.0 Å². The molecular formula is C9H6IN3. The molecule has 2 rings (SSSR count). The van der Waals surface area contributed by atoms with Crippen molar-refractivity contribution in [3.05, 3.63) is 40.8 Å². The normalized spacial score (nSPS) is 9.92. The highest BCUT2D eigenvalue weighted by Crippen LogP contribution is 2.15. The first-order valence-corrected chi connectivity index (χ1v) is 4.82. The molecular weight excluding hydrogens is 277 g/mol. The molecule has 2 aromatic rings. The summed E-state index contributed by atoms with van der Waals surface area (Å²) in [7, 11) is 0. The van der Waals surface area contributed by atoms with Gasteiger partial charge in [0, 0.05) is 58.5 Å². The molecule has 64 valence electrons. The SMILES string of the molecule is Ic1ncc(-c2cccnc2)cn1. The van der Waals surface area contributed by atoms with E-state index in [9.17, 15) is 0 Å². The number of halogens is 1. The van der Waals surface area contributed by atoms with Gasteiger partial charge < -0.3 is 0 Å². The molecule has 0 fully saturated rings. The first kappa shape index (κ1) is 8.55. The van der Waals surface area contributed by atoms with Crippen molar-refractivity contribution >= 4 is 22.6 Å². The Morgan fingerprint density at radius 2 is 1.77 bits per heavy atom. The Balaban J connectivity index is 2.42. The fraction of sp³-hybridized carbons (Fsp3) is 0. The highest BCUT2D eigenvalue weighted by Gasteiger charge is 1.97. The quantitative estimate of drug-likeness (QED) is 0.594. The van der Waals surface area contributed by atoms with Crippen molar-refractivity contribution in [2.75, 3.05) is 0 Å². The molecule has 0 unspecified atom stereocenters. The standard InChI is InChI=1S/C9H6IN3/c10-9-12-5-8(6-13-9)7-2-1-3-11-4-7/h1-6H. The van der Waals surface area contributed by atoms with Crippen LogP contribution in [-0.2, 0) is 0 Å². The van der Waals surface area contributed by atoms with Gasteiger partial charge >= 0.3 is 0 Å². The van der Waals surface area contributed by atoms with Gasteiger partial charge in [0.05, 0.1) is 0 Å². The topological polar surface area (TPSA) is 38.7 Å². The van der Waals surface area contributed by atoms with Crippen molar-refractivity contribution in [1.29, 1.82) is 0 Å². The van der Waals surface area contributed by atoms with E-state index in [0.29, 0.717) is 0 Å². The maximum Gasteiger partial charge on any atom is 0.190 e. The molecule has 2 aromatic heterocycles. The van der Waals surface area contributed by atoms with Gasteiger partial charge in [-0.25, -0.2) is 9.97 Å². The van der Waals surface area contributed by atoms with E-state index in [1.54, 1.807) is 24.8 Å². The smallest absolute Gasteiger partial charge is 0.190 e. The summed E-state index contributed by atoms with van der Waals surface area (Å²) in [5.74, 6) is 0. The number of aromatic nitrogens is 3. The molecule has 0 radical (unpaired) electrons. The first-order valence-electron chi connectivity index (χ1n) is 3.74. The van der Waals surface area contributed by atoms with Gasteiger partial charge in [0.25, 0.3) is 0 Å². The third kappa shape index (κ3) is 2.00. The van der Waals surface area contributed by atoms with Gasteiger partial charge in [0.15, 0.2) is 3.83 Å². The number of pyridine rings is 1. The molecule has 0 aliphatic rings. The maximum atomic E-state index is 4.10. The maximum absolute atomic E-state index is 4.10. The number of rotatable bonds is 1. The second-order valence-electron chi connectivity index (χ2n) is 2.48. The van der Waals surface area contributed by atoms with Crippen molar-refractivity contribution < 1.29 is 0 Å². The zero-order valence-corrected chi connectivity index (χ0v) is 8.84. The Labute approximate surface area is 89.4 Å². The summed E-state index contributed by atoms with van der Waals surface area (Å²) in [6.07, 6.45) is 7.14. The fourth-order valence-electron chi connectivity index (χ4n) is 0.995. The van der Waals surface area contributed by atoms with Crippen LogP contribution in [0.1, 0.15) is 0 Å². The molecule has 13 heavy (non-hydrogen) atoms. The van der Waals surface area contributed by atoms with Gasteiger partial charge in [0.1, 0.15) is 0 Å². The van der Waals surface area contributed by atoms with Crippen LogP contribution in [0.3, 0.4) is 0 Å². The second kappa shape index (κ2) is 3.78. The van der Waals surface area contributed by atoms with Crippen LogP contribution < -0.4 is 0 Å². The van der Waals surface area contributed by atoms with Crippen LogP contribution in [0.15, 0.2) is 36.9 Å². The van der Waals surface area contributed by atoms with Gasteiger partial charge in [-0.1, -0.05) is 6.07 Å². The van der Waals surface area contributed by atoms with Crippen LogP contribution in [0, 0.1) is 3.83 Å². The van der Waals surface area contributed by atoms with E-state index in [-0.39, 0.29) is 0 Å². The summed E-state index contributed by atoms with van der Waals surface area (Å²) >= 11 is 2.08. The van der Waals surface area contributed by atoms with E-state index in [0.717, 1.165) is 15.0 Å². The Morgan fingerprint density at radius 1 is 1.00 bits per heavy atom. The lowest BCUT2D eigenvalue weighted by atomic mass is 10.2. The molecule has 0 bridgehead atoms. The molecule has 2 heterocycles. The predicted molar refractivity (Wildman–Crippen MR) is 58.0 cm³/mol. The largest absolute Gasteiger partial charge is 0.264 e. The Bertz CT molecular complexity index is 385. The minimum Gasteiger partial charge on any atom is -0.264 e. The Kier molecular flexibility index (Phi) is 2.49. The fourth-order valence-corrected chi connectivity index (χ4v) is 1.27. The lowest BCUT2D eigenvalue weighted by Gasteiger charge is -1.98. The van der Waals surface area contributed by atoms with E-state index in [1.165, 1.54) is 0 Å². The van der Waals surface area contributed by atoms with Crippen LogP contribution >= 0.6 is 22.6 Å². The molecule has 0 atom stereocenters. The van der Waals surface area contributed by atoms with E-state index in [4.69, 9.17) is 0 Å². The number of hydrogen-bond acceptors (Lipinski definition) is 3. The summed E-state index contributed by atoms with van der Waals surface area (Å²) in [6, 6.07) is 3.88. The summed E-state index contributed by atoms with van der Waals surface area (Å²) in [5.41, 5.74) is 2.03. The predicted octanol–water partition coefficient (Wildman–Crippen LogP) is 2.14. The van der Waals surface area contributed by atoms with Gasteiger partial charge in [-0.15, -0.1) is 0 Å². The monoisotopic (exact) mass is 283 g/mol. The lowest BCUT2D eigenvalue weighted by Crippen LogP contribution is -1.87. The van der Waals surface area contributed by atoms with Crippen LogP contribution in [0.4, 0.5) is 0 Å². The van der Waals surface area contributed by atoms with E-state index < -0.39 is 0 Å². The number of nitrogens with zero attached hydrogens (tertiary/aromatic N) is 3. The lowest BCUT2D eigenvalue weighted by molar-refractivity contribution is 1.11. The zero-order valence-electron chi connectivity index (χ0n) is 6.68. The molecule has 3 nitrogen and oxygen atoms in total. The van der Waals surface area contributed by atoms with E-state index >= 15 is 0 Å². The van der Waals surface area contributed by atoms with Gasteiger partial charge in [0.2, 0.25) is 0 Å². The van der Waals surface area contributed by atoms with Crippen molar-refractivity contribution in [1.82, 2.24) is 15.0 Å². The summed E-state index contributed by atoms with van der Waals surface area (Å²) in [4.78, 5) is 12.2. The third-order valence-electron chi connectivity index (χ3n) is 1.62. The molecule has 0 aliphatic heterocycles. The van der Waals surface area contributed by atoms with Crippen molar-refractivity contribution in [2.45, 2.75) is 0 Å². The Morgan fingerprint density at radius 3 is 2.38 bits per heavy atom. The third-order valence-corrected chi connectivity index (χ3v) is 2.17.